The van der Waals surface area contributed by atoms with E-state index >= 15 is 0 Å². The van der Waals surface area contributed by atoms with Crippen LogP contribution in [0.15, 0.2) is 34.4 Å². The highest BCUT2D eigenvalue weighted by Crippen LogP contribution is 2.20. The Kier molecular flexibility index (Phi) is 4.14. The Morgan fingerprint density at radius 1 is 1.48 bits per heavy atom. The van der Waals surface area contributed by atoms with Gasteiger partial charge in [-0.15, -0.1) is 11.3 Å². The maximum absolute atomic E-state index is 13.6. The Labute approximate surface area is 138 Å². The summed E-state index contributed by atoms with van der Waals surface area (Å²) in [5.74, 6) is -1.67. The molecule has 0 aliphatic heterocycles. The molecule has 1 aromatic carbocycles. The topological polar surface area (TPSA) is 60.7 Å². The SMILES string of the molecule is Cc1csc2nc(COC(=O)c3c(F)cccc3Cl)cc(=O)n12. The van der Waals surface area contributed by atoms with Gasteiger partial charge in [0.15, 0.2) is 4.96 Å². The summed E-state index contributed by atoms with van der Waals surface area (Å²) < 4.78 is 20.1. The molecule has 0 spiro atoms. The monoisotopic (exact) mass is 352 g/mol. The summed E-state index contributed by atoms with van der Waals surface area (Å²) in [6.45, 7) is 1.55. The number of benzene rings is 1. The third kappa shape index (κ3) is 2.97. The number of esters is 1. The van der Waals surface area contributed by atoms with Crippen LogP contribution in [0.25, 0.3) is 4.96 Å². The van der Waals surface area contributed by atoms with Crippen LogP contribution in [0.3, 0.4) is 0 Å². The number of carbonyl (C=O) groups is 1. The van der Waals surface area contributed by atoms with Crippen molar-refractivity contribution < 1.29 is 13.9 Å². The van der Waals surface area contributed by atoms with Crippen molar-refractivity contribution in [2.24, 2.45) is 0 Å². The molecule has 118 valence electrons. The predicted molar refractivity (Wildman–Crippen MR) is 84.6 cm³/mol. The van der Waals surface area contributed by atoms with Gasteiger partial charge in [-0.25, -0.2) is 14.2 Å². The molecule has 2 heterocycles. The summed E-state index contributed by atoms with van der Waals surface area (Å²) in [6, 6.07) is 5.19. The zero-order valence-corrected chi connectivity index (χ0v) is 13.4. The minimum absolute atomic E-state index is 0.0348. The van der Waals surface area contributed by atoms with Crippen LogP contribution in [0.2, 0.25) is 5.02 Å². The van der Waals surface area contributed by atoms with E-state index in [-0.39, 0.29) is 28.4 Å². The van der Waals surface area contributed by atoms with Crippen LogP contribution in [0.4, 0.5) is 4.39 Å². The molecule has 0 N–H and O–H groups in total. The standard InChI is InChI=1S/C15H10ClFN2O3S/c1-8-7-23-15-18-9(5-12(20)19(8)15)6-22-14(21)13-10(16)3-2-4-11(13)17/h2-5,7H,6H2,1H3. The van der Waals surface area contributed by atoms with Gasteiger partial charge in [0, 0.05) is 17.1 Å². The lowest BCUT2D eigenvalue weighted by molar-refractivity contribution is 0.0462. The second-order valence-electron chi connectivity index (χ2n) is 4.75. The van der Waals surface area contributed by atoms with Crippen molar-refractivity contribution in [1.82, 2.24) is 9.38 Å². The third-order valence-corrected chi connectivity index (χ3v) is 4.41. The minimum atomic E-state index is -0.905. The Balaban J connectivity index is 1.83. The molecule has 0 fully saturated rings. The number of fused-ring (bicyclic) bond motifs is 1. The molecule has 3 rings (SSSR count). The molecule has 0 aliphatic rings. The van der Waals surface area contributed by atoms with Gasteiger partial charge in [-0.2, -0.15) is 0 Å². The maximum Gasteiger partial charge on any atom is 0.343 e. The van der Waals surface area contributed by atoms with Crippen molar-refractivity contribution in [3.63, 3.8) is 0 Å². The molecule has 0 bridgehead atoms. The molecule has 23 heavy (non-hydrogen) atoms. The van der Waals surface area contributed by atoms with Crippen LogP contribution in [-0.4, -0.2) is 15.4 Å². The quantitative estimate of drug-likeness (QED) is 0.679. The van der Waals surface area contributed by atoms with E-state index in [0.29, 0.717) is 4.96 Å². The van der Waals surface area contributed by atoms with Crippen molar-refractivity contribution in [2.75, 3.05) is 0 Å². The van der Waals surface area contributed by atoms with Gasteiger partial charge in [0.1, 0.15) is 18.0 Å². The van der Waals surface area contributed by atoms with Crippen LogP contribution in [0.5, 0.6) is 0 Å². The highest BCUT2D eigenvalue weighted by molar-refractivity contribution is 7.15. The first kappa shape index (κ1) is 15.6. The molecular weight excluding hydrogens is 343 g/mol. The van der Waals surface area contributed by atoms with Gasteiger partial charge in [0.25, 0.3) is 5.56 Å². The number of nitrogens with zero attached hydrogens (tertiary/aromatic N) is 2. The van der Waals surface area contributed by atoms with Gasteiger partial charge in [-0.05, 0) is 19.1 Å². The predicted octanol–water partition coefficient (Wildman–Crippen LogP) is 3.21. The summed E-state index contributed by atoms with van der Waals surface area (Å²) in [7, 11) is 0. The van der Waals surface area contributed by atoms with Crippen LogP contribution in [0, 0.1) is 12.7 Å². The Hall–Kier alpha value is -2.25. The number of ether oxygens (including phenoxy) is 1. The molecule has 0 aliphatic carbocycles. The number of rotatable bonds is 3. The maximum atomic E-state index is 13.6. The van der Waals surface area contributed by atoms with Crippen LogP contribution < -0.4 is 5.56 Å². The van der Waals surface area contributed by atoms with Crippen LogP contribution >= 0.6 is 22.9 Å². The largest absolute Gasteiger partial charge is 0.455 e. The zero-order valence-electron chi connectivity index (χ0n) is 11.9. The average Bonchev–Trinajstić information content (AvgIpc) is 2.87. The highest BCUT2D eigenvalue weighted by atomic mass is 35.5. The van der Waals surface area contributed by atoms with E-state index in [1.54, 1.807) is 12.3 Å². The van der Waals surface area contributed by atoms with E-state index in [4.69, 9.17) is 16.3 Å². The third-order valence-electron chi connectivity index (χ3n) is 3.15. The van der Waals surface area contributed by atoms with Gasteiger partial charge in [-0.1, -0.05) is 17.7 Å². The summed E-state index contributed by atoms with van der Waals surface area (Å²) in [5.41, 5.74) is 0.476. The first-order valence-corrected chi connectivity index (χ1v) is 7.81. The molecule has 0 unspecified atom stereocenters. The molecule has 8 heteroatoms. The molecule has 3 aromatic rings. The molecule has 0 saturated heterocycles. The number of aryl methyl sites for hydroxylation is 1. The number of halogens is 2. The second kappa shape index (κ2) is 6.10. The van der Waals surface area contributed by atoms with E-state index in [0.717, 1.165) is 11.8 Å². The van der Waals surface area contributed by atoms with Crippen LogP contribution in [0.1, 0.15) is 21.7 Å². The van der Waals surface area contributed by atoms with Gasteiger partial charge < -0.3 is 4.74 Å². The number of hydrogen-bond acceptors (Lipinski definition) is 5. The van der Waals surface area contributed by atoms with Crippen molar-refractivity contribution in [3.05, 3.63) is 67.8 Å². The van der Waals surface area contributed by atoms with Gasteiger partial charge in [-0.3, -0.25) is 9.20 Å². The number of thiazole rings is 1. The molecule has 0 radical (unpaired) electrons. The summed E-state index contributed by atoms with van der Waals surface area (Å²) in [6.07, 6.45) is 0. The van der Waals surface area contributed by atoms with E-state index in [9.17, 15) is 14.0 Å². The van der Waals surface area contributed by atoms with E-state index in [1.165, 1.54) is 33.9 Å². The van der Waals surface area contributed by atoms with Crippen molar-refractivity contribution >= 4 is 33.9 Å². The fourth-order valence-corrected chi connectivity index (χ4v) is 3.21. The van der Waals surface area contributed by atoms with Crippen LogP contribution in [-0.2, 0) is 11.3 Å². The van der Waals surface area contributed by atoms with E-state index < -0.39 is 11.8 Å². The first-order chi connectivity index (χ1) is 11.0. The minimum Gasteiger partial charge on any atom is -0.455 e. The Morgan fingerprint density at radius 2 is 2.26 bits per heavy atom. The number of hydrogen-bond donors (Lipinski definition) is 0. The Morgan fingerprint density at radius 3 is 3.00 bits per heavy atom. The lowest BCUT2D eigenvalue weighted by atomic mass is 10.2. The van der Waals surface area contributed by atoms with Gasteiger partial charge in [0.2, 0.25) is 0 Å². The average molecular weight is 353 g/mol. The zero-order chi connectivity index (χ0) is 16.6. The second-order valence-corrected chi connectivity index (χ2v) is 6.00. The highest BCUT2D eigenvalue weighted by Gasteiger charge is 2.18. The number of aromatic nitrogens is 2. The smallest absolute Gasteiger partial charge is 0.343 e. The van der Waals surface area contributed by atoms with Gasteiger partial charge in [0.05, 0.1) is 10.7 Å². The summed E-state index contributed by atoms with van der Waals surface area (Å²) >= 11 is 7.11. The molecule has 0 atom stereocenters. The van der Waals surface area contributed by atoms with E-state index in [1.807, 2.05) is 0 Å². The van der Waals surface area contributed by atoms with Crippen molar-refractivity contribution in [2.45, 2.75) is 13.5 Å². The lowest BCUT2D eigenvalue weighted by Gasteiger charge is -2.07. The van der Waals surface area contributed by atoms with E-state index in [2.05, 4.69) is 4.98 Å². The molecule has 2 aromatic heterocycles. The summed E-state index contributed by atoms with van der Waals surface area (Å²) in [4.78, 5) is 28.7. The molecule has 5 nitrogen and oxygen atoms in total. The summed E-state index contributed by atoms with van der Waals surface area (Å²) in [5, 5.41) is 1.77. The fourth-order valence-electron chi connectivity index (χ4n) is 2.08. The lowest BCUT2D eigenvalue weighted by Crippen LogP contribution is -2.16. The van der Waals surface area contributed by atoms with Crippen molar-refractivity contribution in [1.29, 1.82) is 0 Å². The van der Waals surface area contributed by atoms with Gasteiger partial charge >= 0.3 is 5.97 Å². The number of carbonyl (C=O) groups excluding carboxylic acids is 1. The molecular formula is C15H10ClFN2O3S. The fraction of sp³-hybridized carbons (Fsp3) is 0.133. The molecule has 0 saturated carbocycles. The van der Waals surface area contributed by atoms with Crippen molar-refractivity contribution in [3.8, 4) is 0 Å². The first-order valence-electron chi connectivity index (χ1n) is 6.55. The normalized spacial score (nSPS) is 10.9. The Bertz CT molecular complexity index is 947. The molecule has 0 amide bonds.